The third-order valence-corrected chi connectivity index (χ3v) is 6.84. The average Bonchev–Trinajstić information content (AvgIpc) is 3.29. The molecule has 0 radical (unpaired) electrons. The summed E-state index contributed by atoms with van der Waals surface area (Å²) in [5.74, 6) is 2.60. The second-order valence-electron chi connectivity index (χ2n) is 6.05. The van der Waals surface area contributed by atoms with Gasteiger partial charge in [0.1, 0.15) is 5.75 Å². The fourth-order valence-electron chi connectivity index (χ4n) is 3.41. The van der Waals surface area contributed by atoms with Crippen molar-refractivity contribution in [1.29, 1.82) is 0 Å². The smallest absolute Gasteiger partial charge is 0.316 e. The normalized spacial score (nSPS) is 22.0. The van der Waals surface area contributed by atoms with E-state index >= 15 is 0 Å². The van der Waals surface area contributed by atoms with Gasteiger partial charge in [0.05, 0.1) is 25.6 Å². The molecule has 1 unspecified atom stereocenters. The molecule has 1 aromatic heterocycles. The standard InChI is InChI=1S/C18H21N2O3S2.BrH/c1-22-13-6-7-15(23-2)14(11-13)19-12-18(21,16-5-3-9-24-16)20-8-4-10-25-17(19)20;/h3,5-7,9,11,21H,4,8,10,12H2,1-2H3;1H/q+1;/p-1. The van der Waals surface area contributed by atoms with Crippen LogP contribution in [0.25, 0.3) is 0 Å². The maximum atomic E-state index is 11.6. The number of nitrogens with zero attached hydrogens (tertiary/aromatic N) is 2. The minimum Gasteiger partial charge on any atom is -1.00 e. The van der Waals surface area contributed by atoms with Gasteiger partial charge >= 0.3 is 5.17 Å². The second kappa shape index (κ2) is 7.80. The lowest BCUT2D eigenvalue weighted by Crippen LogP contribution is -3.00. The van der Waals surface area contributed by atoms with E-state index in [1.165, 1.54) is 0 Å². The third kappa shape index (κ3) is 3.13. The Bertz CT molecular complexity index is 813. The quantitative estimate of drug-likeness (QED) is 0.653. The van der Waals surface area contributed by atoms with Crippen molar-refractivity contribution in [1.82, 2.24) is 0 Å². The molecule has 2 aliphatic heterocycles. The van der Waals surface area contributed by atoms with E-state index in [1.807, 2.05) is 35.7 Å². The predicted octanol–water partition coefficient (Wildman–Crippen LogP) is -0.0600. The Hall–Kier alpha value is -1.22. The van der Waals surface area contributed by atoms with Crippen molar-refractivity contribution >= 4 is 34.0 Å². The minimum absolute atomic E-state index is 0. The van der Waals surface area contributed by atoms with Crippen molar-refractivity contribution in [3.63, 3.8) is 0 Å². The lowest BCUT2D eigenvalue weighted by atomic mass is 10.1. The molecule has 2 aliphatic rings. The summed E-state index contributed by atoms with van der Waals surface area (Å²) in [7, 11) is 3.33. The van der Waals surface area contributed by atoms with Gasteiger partial charge in [-0.05, 0) is 41.8 Å². The first-order chi connectivity index (χ1) is 12.2. The SMILES string of the molecule is COc1ccc(OC)c(N2CC(O)(c3cccs3)[N+]3=C2SCCC3)c1.[Br-]. The van der Waals surface area contributed by atoms with Crippen LogP contribution in [0.3, 0.4) is 0 Å². The van der Waals surface area contributed by atoms with Crippen molar-refractivity contribution in [3.8, 4) is 11.5 Å². The lowest BCUT2D eigenvalue weighted by Gasteiger charge is -2.22. The summed E-state index contributed by atoms with van der Waals surface area (Å²) in [4.78, 5) is 3.13. The number of β-amino-alcohol motifs (C(OH)–C–C–N with tert-alkyl or cyclic N) is 1. The molecule has 0 fully saturated rings. The summed E-state index contributed by atoms with van der Waals surface area (Å²) < 4.78 is 13.1. The van der Waals surface area contributed by atoms with Crippen molar-refractivity contribution < 1.29 is 36.1 Å². The van der Waals surface area contributed by atoms with E-state index in [9.17, 15) is 5.11 Å². The van der Waals surface area contributed by atoms with Crippen LogP contribution in [0.4, 0.5) is 5.69 Å². The zero-order valence-corrected chi connectivity index (χ0v) is 17.9. The average molecular weight is 457 g/mol. The highest BCUT2D eigenvalue weighted by molar-refractivity contribution is 8.13. The van der Waals surface area contributed by atoms with Gasteiger partial charge < -0.3 is 31.6 Å². The first kappa shape index (κ1) is 19.5. The van der Waals surface area contributed by atoms with Crippen LogP contribution in [0.2, 0.25) is 0 Å². The Balaban J connectivity index is 0.00000196. The molecular formula is C18H21BrN2O3S2. The van der Waals surface area contributed by atoms with Crippen LogP contribution in [0, 0.1) is 0 Å². The first-order valence-electron chi connectivity index (χ1n) is 8.20. The molecule has 2 aromatic rings. The number of thioether (sulfide) groups is 1. The van der Waals surface area contributed by atoms with Crippen LogP contribution in [0.15, 0.2) is 35.7 Å². The highest BCUT2D eigenvalue weighted by atomic mass is 79.9. The largest absolute Gasteiger partial charge is 1.00 e. The molecule has 0 saturated carbocycles. The molecule has 0 spiro atoms. The molecule has 0 saturated heterocycles. The van der Waals surface area contributed by atoms with Gasteiger partial charge in [-0.2, -0.15) is 0 Å². The molecule has 8 heteroatoms. The van der Waals surface area contributed by atoms with Crippen molar-refractivity contribution in [3.05, 3.63) is 40.6 Å². The molecular weight excluding hydrogens is 436 g/mol. The summed E-state index contributed by atoms with van der Waals surface area (Å²) in [6.07, 6.45) is 1.06. The van der Waals surface area contributed by atoms with Gasteiger partial charge in [-0.1, -0.05) is 6.07 Å². The fourth-order valence-corrected chi connectivity index (χ4v) is 5.41. The van der Waals surface area contributed by atoms with E-state index in [0.717, 1.165) is 45.9 Å². The second-order valence-corrected chi connectivity index (χ2v) is 8.06. The topological polar surface area (TPSA) is 44.9 Å². The number of rotatable bonds is 4. The Morgan fingerprint density at radius 2 is 2.08 bits per heavy atom. The molecule has 1 atom stereocenters. The zero-order valence-electron chi connectivity index (χ0n) is 14.6. The summed E-state index contributed by atoms with van der Waals surface area (Å²) in [6.45, 7) is 1.32. The molecule has 1 N–H and O–H groups in total. The fraction of sp³-hybridized carbons (Fsp3) is 0.389. The maximum Gasteiger partial charge on any atom is 0.316 e. The van der Waals surface area contributed by atoms with E-state index in [0.29, 0.717) is 6.54 Å². The molecule has 140 valence electrons. The van der Waals surface area contributed by atoms with E-state index in [-0.39, 0.29) is 17.0 Å². The van der Waals surface area contributed by atoms with Gasteiger partial charge in [0, 0.05) is 11.8 Å². The maximum absolute atomic E-state index is 11.6. The van der Waals surface area contributed by atoms with Crippen LogP contribution in [-0.4, -0.2) is 47.9 Å². The number of halogens is 1. The molecule has 0 amide bonds. The molecule has 0 bridgehead atoms. The Morgan fingerprint density at radius 1 is 1.23 bits per heavy atom. The molecule has 26 heavy (non-hydrogen) atoms. The lowest BCUT2D eigenvalue weighted by molar-refractivity contribution is -0.655. The number of hydrogen-bond donors (Lipinski definition) is 1. The third-order valence-electron chi connectivity index (χ3n) is 4.64. The summed E-state index contributed by atoms with van der Waals surface area (Å²) in [5, 5.41) is 14.6. The van der Waals surface area contributed by atoms with Crippen molar-refractivity contribution in [2.75, 3.05) is 38.0 Å². The van der Waals surface area contributed by atoms with E-state index in [4.69, 9.17) is 9.47 Å². The first-order valence-corrected chi connectivity index (χ1v) is 10.1. The van der Waals surface area contributed by atoms with Gasteiger partial charge in [0.25, 0.3) is 5.72 Å². The van der Waals surface area contributed by atoms with E-state index < -0.39 is 5.72 Å². The highest BCUT2D eigenvalue weighted by Crippen LogP contribution is 2.42. The Kier molecular flexibility index (Phi) is 5.86. The van der Waals surface area contributed by atoms with Gasteiger partial charge in [0.2, 0.25) is 0 Å². The molecule has 0 aliphatic carbocycles. The number of amidine groups is 1. The summed E-state index contributed by atoms with van der Waals surface area (Å²) >= 11 is 3.38. The van der Waals surface area contributed by atoms with Crippen LogP contribution in [-0.2, 0) is 5.72 Å². The number of hydrogen-bond acceptors (Lipinski definition) is 6. The number of ether oxygens (including phenoxy) is 2. The highest BCUT2D eigenvalue weighted by Gasteiger charge is 2.54. The molecule has 4 rings (SSSR count). The molecule has 3 heterocycles. The van der Waals surface area contributed by atoms with Crippen LogP contribution >= 0.6 is 23.1 Å². The number of benzene rings is 1. The van der Waals surface area contributed by atoms with Gasteiger partial charge in [-0.25, -0.2) is 9.48 Å². The monoisotopic (exact) mass is 456 g/mol. The molecule has 1 aromatic carbocycles. The van der Waals surface area contributed by atoms with Gasteiger partial charge in [-0.3, -0.25) is 0 Å². The number of thiophene rings is 1. The number of aliphatic hydroxyl groups is 1. The van der Waals surface area contributed by atoms with Gasteiger partial charge in [0.15, 0.2) is 18.0 Å². The number of methoxy groups -OCH3 is 2. The predicted molar refractivity (Wildman–Crippen MR) is 102 cm³/mol. The van der Waals surface area contributed by atoms with Crippen molar-refractivity contribution in [2.45, 2.75) is 12.1 Å². The Morgan fingerprint density at radius 3 is 2.77 bits per heavy atom. The minimum atomic E-state index is -1.01. The van der Waals surface area contributed by atoms with Crippen molar-refractivity contribution in [2.24, 2.45) is 0 Å². The number of anilines is 1. The molecule has 5 nitrogen and oxygen atoms in total. The van der Waals surface area contributed by atoms with Crippen LogP contribution < -0.4 is 31.4 Å². The van der Waals surface area contributed by atoms with Crippen LogP contribution in [0.5, 0.6) is 11.5 Å². The Labute approximate surface area is 172 Å². The van der Waals surface area contributed by atoms with E-state index in [1.54, 1.807) is 37.3 Å². The summed E-state index contributed by atoms with van der Waals surface area (Å²) in [6, 6.07) is 9.77. The van der Waals surface area contributed by atoms with Crippen LogP contribution in [0.1, 0.15) is 11.3 Å². The summed E-state index contributed by atoms with van der Waals surface area (Å²) in [5.41, 5.74) is -0.0888. The zero-order chi connectivity index (χ0) is 17.4. The van der Waals surface area contributed by atoms with E-state index in [2.05, 4.69) is 9.48 Å². The van der Waals surface area contributed by atoms with Gasteiger partial charge in [-0.15, -0.1) is 11.3 Å².